The van der Waals surface area contributed by atoms with Gasteiger partial charge in [-0.1, -0.05) is 0 Å². The number of alkyl halides is 2. The number of hydrogen-bond donors (Lipinski definition) is 6. The third kappa shape index (κ3) is 3.96. The zero-order valence-electron chi connectivity index (χ0n) is 15.5. The molecule has 0 aromatic heterocycles. The molecule has 0 aliphatic carbocycles. The van der Waals surface area contributed by atoms with Gasteiger partial charge < -0.3 is 16.4 Å². The molecule has 154 valence electrons. The number of rotatable bonds is 3. The number of hydrogen-bond acceptors (Lipinski definition) is 7. The monoisotopic (exact) mass is 387 g/mol. The molecule has 4 fully saturated rings. The van der Waals surface area contributed by atoms with Crippen LogP contribution in [0.3, 0.4) is 0 Å². The molecule has 1 amide bonds. The minimum Gasteiger partial charge on any atom is -0.351 e. The van der Waals surface area contributed by atoms with E-state index in [0.29, 0.717) is 13.1 Å². The Kier molecular flexibility index (Phi) is 5.91. The maximum Gasteiger partial charge on any atom is 0.229 e. The second-order valence-corrected chi connectivity index (χ2v) is 8.22. The molecule has 0 saturated carbocycles. The van der Waals surface area contributed by atoms with Gasteiger partial charge in [0.1, 0.15) is 6.17 Å². The smallest absolute Gasteiger partial charge is 0.229 e. The summed E-state index contributed by atoms with van der Waals surface area (Å²) in [5, 5.41) is 14.1. The first kappa shape index (κ1) is 19.4. The third-order valence-electron chi connectivity index (χ3n) is 6.47. The zero-order chi connectivity index (χ0) is 19.0. The van der Waals surface area contributed by atoms with E-state index in [9.17, 15) is 13.6 Å². The van der Waals surface area contributed by atoms with Gasteiger partial charge in [0.25, 0.3) is 0 Å². The van der Waals surface area contributed by atoms with Crippen molar-refractivity contribution in [3.05, 3.63) is 0 Å². The number of hydrazine groups is 1. The molecule has 7 N–H and O–H groups in total. The van der Waals surface area contributed by atoms with Gasteiger partial charge >= 0.3 is 0 Å². The van der Waals surface area contributed by atoms with E-state index in [4.69, 9.17) is 5.73 Å². The molecule has 8 nitrogen and oxygen atoms in total. The number of nitrogens with zero attached hydrogens (tertiary/aromatic N) is 1. The Bertz CT molecular complexity index is 541. The highest BCUT2D eigenvalue weighted by Gasteiger charge is 2.48. The fourth-order valence-electron chi connectivity index (χ4n) is 5.11. The molecule has 0 bridgehead atoms. The minimum atomic E-state index is -1.02. The van der Waals surface area contributed by atoms with Crippen molar-refractivity contribution in [3.8, 4) is 0 Å². The summed E-state index contributed by atoms with van der Waals surface area (Å²) in [6.45, 7) is 2.59. The Morgan fingerprint density at radius 3 is 2.78 bits per heavy atom. The summed E-state index contributed by atoms with van der Waals surface area (Å²) in [4.78, 5) is 13.0. The van der Waals surface area contributed by atoms with Crippen LogP contribution in [0, 0.1) is 17.8 Å². The second-order valence-electron chi connectivity index (χ2n) is 8.22. The summed E-state index contributed by atoms with van der Waals surface area (Å²) in [6.07, 6.45) is -0.280. The highest BCUT2D eigenvalue weighted by atomic mass is 19.1. The van der Waals surface area contributed by atoms with E-state index in [1.807, 2.05) is 0 Å². The lowest BCUT2D eigenvalue weighted by Crippen LogP contribution is -2.61. The number of nitrogens with two attached hydrogens (primary N) is 1. The van der Waals surface area contributed by atoms with Gasteiger partial charge in [-0.3, -0.25) is 15.4 Å². The van der Waals surface area contributed by atoms with Gasteiger partial charge in [-0.15, -0.1) is 0 Å². The lowest BCUT2D eigenvalue weighted by molar-refractivity contribution is -0.128. The lowest BCUT2D eigenvalue weighted by atomic mass is 9.77. The molecule has 4 aliphatic rings. The molecule has 4 heterocycles. The van der Waals surface area contributed by atoms with Crippen LogP contribution in [-0.2, 0) is 4.79 Å². The van der Waals surface area contributed by atoms with Crippen molar-refractivity contribution in [2.75, 3.05) is 32.7 Å². The fourth-order valence-corrected chi connectivity index (χ4v) is 5.11. The normalized spacial score (nSPS) is 46.0. The van der Waals surface area contributed by atoms with E-state index in [0.717, 1.165) is 25.8 Å². The number of carbonyl (C=O) groups excluding carboxylic acids is 1. The molecule has 0 radical (unpaired) electrons. The lowest BCUT2D eigenvalue weighted by Gasteiger charge is -2.42. The number of fused-ring (bicyclic) bond motifs is 1. The van der Waals surface area contributed by atoms with Gasteiger partial charge in [-0.25, -0.2) is 19.2 Å². The van der Waals surface area contributed by atoms with Crippen molar-refractivity contribution in [1.82, 2.24) is 31.7 Å². The topological polar surface area (TPSA) is 106 Å². The van der Waals surface area contributed by atoms with E-state index >= 15 is 0 Å². The van der Waals surface area contributed by atoms with Crippen LogP contribution in [0.5, 0.6) is 0 Å². The highest BCUT2D eigenvalue weighted by Crippen LogP contribution is 2.32. The Morgan fingerprint density at radius 2 is 1.96 bits per heavy atom. The molecule has 4 rings (SSSR count). The molecule has 4 aliphatic heterocycles. The Balaban J connectivity index is 1.42. The first-order valence-electron chi connectivity index (χ1n) is 10.1. The number of carbonyl (C=O) groups is 1. The van der Waals surface area contributed by atoms with Crippen LogP contribution in [0.25, 0.3) is 0 Å². The molecule has 0 aromatic carbocycles. The van der Waals surface area contributed by atoms with E-state index < -0.39 is 24.6 Å². The first-order valence-corrected chi connectivity index (χ1v) is 10.1. The van der Waals surface area contributed by atoms with Crippen molar-refractivity contribution in [3.63, 3.8) is 0 Å². The van der Waals surface area contributed by atoms with Crippen molar-refractivity contribution in [2.24, 2.45) is 23.5 Å². The van der Waals surface area contributed by atoms with Crippen molar-refractivity contribution in [1.29, 1.82) is 0 Å². The SMILES string of the molecule is NC1NN2CC(F)CNC2C1C(=O)NC1CNCCC1C1CCCNC1F. The molecule has 27 heavy (non-hydrogen) atoms. The van der Waals surface area contributed by atoms with Crippen molar-refractivity contribution >= 4 is 5.91 Å². The maximum absolute atomic E-state index is 14.4. The summed E-state index contributed by atoms with van der Waals surface area (Å²) >= 11 is 0. The first-order chi connectivity index (χ1) is 13.0. The van der Waals surface area contributed by atoms with Gasteiger partial charge in [0.05, 0.1) is 18.2 Å². The molecule has 10 heteroatoms. The Morgan fingerprint density at radius 1 is 1.11 bits per heavy atom. The van der Waals surface area contributed by atoms with Crippen LogP contribution in [-0.4, -0.2) is 74.5 Å². The summed E-state index contributed by atoms with van der Waals surface area (Å²) < 4.78 is 28.0. The summed E-state index contributed by atoms with van der Waals surface area (Å²) in [5.74, 6) is -0.678. The van der Waals surface area contributed by atoms with Gasteiger partial charge in [-0.2, -0.15) is 0 Å². The number of piperidine rings is 2. The minimum absolute atomic E-state index is 0.0851. The average molecular weight is 387 g/mol. The average Bonchev–Trinajstić information content (AvgIpc) is 2.97. The molecule has 8 atom stereocenters. The Hall–Kier alpha value is -0.910. The van der Waals surface area contributed by atoms with Crippen LogP contribution in [0.2, 0.25) is 0 Å². The fraction of sp³-hybridized carbons (Fsp3) is 0.941. The highest BCUT2D eigenvalue weighted by molar-refractivity contribution is 5.80. The third-order valence-corrected chi connectivity index (χ3v) is 6.47. The quantitative estimate of drug-likeness (QED) is 0.323. The van der Waals surface area contributed by atoms with Crippen LogP contribution >= 0.6 is 0 Å². The van der Waals surface area contributed by atoms with Crippen LogP contribution < -0.4 is 32.4 Å². The number of nitrogens with one attached hydrogen (secondary N) is 5. The van der Waals surface area contributed by atoms with Gasteiger partial charge in [-0.05, 0) is 38.3 Å². The summed E-state index contributed by atoms with van der Waals surface area (Å²) in [6, 6.07) is -0.131. The van der Waals surface area contributed by atoms with Crippen molar-refractivity contribution < 1.29 is 13.6 Å². The predicted octanol–water partition coefficient (Wildman–Crippen LogP) is -1.64. The number of amides is 1. The van der Waals surface area contributed by atoms with Crippen LogP contribution in [0.15, 0.2) is 0 Å². The summed E-state index contributed by atoms with van der Waals surface area (Å²) in [7, 11) is 0. The largest absolute Gasteiger partial charge is 0.351 e. The predicted molar refractivity (Wildman–Crippen MR) is 96.5 cm³/mol. The van der Waals surface area contributed by atoms with Crippen molar-refractivity contribution in [2.45, 2.75) is 50.1 Å². The van der Waals surface area contributed by atoms with Gasteiger partial charge in [0.15, 0.2) is 6.30 Å². The molecule has 0 aromatic rings. The maximum atomic E-state index is 14.4. The van der Waals surface area contributed by atoms with E-state index in [2.05, 4.69) is 26.7 Å². The molecular weight excluding hydrogens is 356 g/mol. The molecule has 4 saturated heterocycles. The van der Waals surface area contributed by atoms with E-state index in [-0.39, 0.29) is 43.0 Å². The summed E-state index contributed by atoms with van der Waals surface area (Å²) in [5.41, 5.74) is 9.13. The standard InChI is InChI=1S/C17H31F2N7O/c18-9-6-23-16-13(15(20)25-26(16)8-9)17(27)24-12-7-21-5-3-10(12)11-2-1-4-22-14(11)19/h9-16,21-23,25H,1-8,20H2,(H,24,27). The van der Waals surface area contributed by atoms with Gasteiger partial charge in [0.2, 0.25) is 5.91 Å². The van der Waals surface area contributed by atoms with Gasteiger partial charge in [0, 0.05) is 31.6 Å². The van der Waals surface area contributed by atoms with E-state index in [1.165, 1.54) is 0 Å². The Labute approximate surface area is 158 Å². The molecule has 0 spiro atoms. The number of halogens is 2. The van der Waals surface area contributed by atoms with E-state index in [1.54, 1.807) is 5.01 Å². The zero-order valence-corrected chi connectivity index (χ0v) is 15.5. The second kappa shape index (κ2) is 8.22. The van der Waals surface area contributed by atoms with Crippen LogP contribution in [0.1, 0.15) is 19.3 Å². The van der Waals surface area contributed by atoms with Crippen LogP contribution in [0.4, 0.5) is 8.78 Å². The molecular formula is C17H31F2N7O. The molecule has 8 unspecified atom stereocenters.